The number of oxazole rings is 1. The van der Waals surface area contributed by atoms with Gasteiger partial charge >= 0.3 is 0 Å². The zero-order valence-corrected chi connectivity index (χ0v) is 8.20. The maximum atomic E-state index is 5.31. The predicted octanol–water partition coefficient (Wildman–Crippen LogP) is 1.74. The van der Waals surface area contributed by atoms with E-state index in [4.69, 9.17) is 4.42 Å². The summed E-state index contributed by atoms with van der Waals surface area (Å²) < 4.78 is 5.31. The van der Waals surface area contributed by atoms with Crippen LogP contribution in [0.3, 0.4) is 0 Å². The van der Waals surface area contributed by atoms with E-state index in [-0.39, 0.29) is 0 Å². The van der Waals surface area contributed by atoms with Gasteiger partial charge in [-0.05, 0) is 44.2 Å². The molecule has 0 bridgehead atoms. The molecular formula is C11H15N2O. The molecular weight excluding hydrogens is 176 g/mol. The molecule has 1 radical (unpaired) electrons. The second-order valence-corrected chi connectivity index (χ2v) is 4.46. The highest BCUT2D eigenvalue weighted by atomic mass is 16.3. The maximum Gasteiger partial charge on any atom is 0.197 e. The fraction of sp³-hybridized carbons (Fsp3) is 0.636. The number of piperidine rings is 1. The Morgan fingerprint density at radius 2 is 2.21 bits per heavy atom. The Kier molecular flexibility index (Phi) is 1.87. The molecule has 1 unspecified atom stereocenters. The lowest BCUT2D eigenvalue weighted by Gasteiger charge is -2.48. The molecule has 0 amide bonds. The molecule has 2 heterocycles. The molecule has 3 rings (SSSR count). The second-order valence-electron chi connectivity index (χ2n) is 4.46. The van der Waals surface area contributed by atoms with E-state index >= 15 is 0 Å². The zero-order chi connectivity index (χ0) is 9.43. The quantitative estimate of drug-likeness (QED) is 0.734. The van der Waals surface area contributed by atoms with Crippen LogP contribution in [0.25, 0.3) is 0 Å². The van der Waals surface area contributed by atoms with Crippen molar-refractivity contribution >= 4 is 0 Å². The van der Waals surface area contributed by atoms with Crippen molar-refractivity contribution < 1.29 is 4.42 Å². The van der Waals surface area contributed by atoms with Crippen LogP contribution in [-0.4, -0.2) is 18.1 Å². The Hall–Kier alpha value is -0.830. The van der Waals surface area contributed by atoms with Crippen LogP contribution in [0.1, 0.15) is 31.1 Å². The molecule has 3 nitrogen and oxygen atoms in total. The van der Waals surface area contributed by atoms with Crippen molar-refractivity contribution in [3.63, 3.8) is 0 Å². The molecule has 1 saturated heterocycles. The monoisotopic (exact) mass is 191 g/mol. The third-order valence-electron chi connectivity index (χ3n) is 3.55. The van der Waals surface area contributed by atoms with Crippen molar-refractivity contribution in [1.29, 1.82) is 0 Å². The van der Waals surface area contributed by atoms with Gasteiger partial charge < -0.3 is 9.73 Å². The lowest BCUT2D eigenvalue weighted by Crippen LogP contribution is -2.45. The van der Waals surface area contributed by atoms with Gasteiger partial charge in [0.1, 0.15) is 6.26 Å². The van der Waals surface area contributed by atoms with Gasteiger partial charge in [0.25, 0.3) is 0 Å². The van der Waals surface area contributed by atoms with E-state index in [1.54, 1.807) is 12.5 Å². The van der Waals surface area contributed by atoms with Gasteiger partial charge in [-0.25, -0.2) is 4.98 Å². The minimum Gasteiger partial charge on any atom is -0.449 e. The normalized spacial score (nSPS) is 26.3. The van der Waals surface area contributed by atoms with Gasteiger partial charge in [0.05, 0.1) is 6.20 Å². The van der Waals surface area contributed by atoms with Gasteiger partial charge in [0, 0.05) is 5.92 Å². The fourth-order valence-electron chi connectivity index (χ4n) is 2.70. The first-order chi connectivity index (χ1) is 6.88. The lowest BCUT2D eigenvalue weighted by atomic mass is 9.58. The molecule has 14 heavy (non-hydrogen) atoms. The molecule has 1 aliphatic carbocycles. The lowest BCUT2D eigenvalue weighted by molar-refractivity contribution is 0.127. The van der Waals surface area contributed by atoms with Crippen molar-refractivity contribution in [2.45, 2.75) is 25.2 Å². The molecule has 75 valence electrons. The average molecular weight is 191 g/mol. The second kappa shape index (κ2) is 3.09. The number of hydrogen-bond acceptors (Lipinski definition) is 3. The smallest absolute Gasteiger partial charge is 0.197 e. The van der Waals surface area contributed by atoms with E-state index in [1.807, 2.05) is 0 Å². The minimum absolute atomic E-state index is 0.475. The van der Waals surface area contributed by atoms with Crippen LogP contribution in [0, 0.1) is 11.8 Å². The highest BCUT2D eigenvalue weighted by molar-refractivity contribution is 5.19. The molecule has 1 atom stereocenters. The van der Waals surface area contributed by atoms with Gasteiger partial charge in [-0.2, -0.15) is 0 Å². The Morgan fingerprint density at radius 3 is 2.86 bits per heavy atom. The third-order valence-corrected chi connectivity index (χ3v) is 3.55. The summed E-state index contributed by atoms with van der Waals surface area (Å²) in [6, 6.07) is 0. The van der Waals surface area contributed by atoms with Crippen molar-refractivity contribution in [3.05, 3.63) is 24.8 Å². The number of nitrogens with one attached hydrogen (secondary N) is 1. The standard InChI is InChI=1S/C11H15N2O/c1-3-12-4-2-11(1)7-9(8-11)10-13-5-6-14-10/h5-7,9,12H,1-4,8H2. The topological polar surface area (TPSA) is 38.1 Å². The number of rotatable bonds is 1. The Bertz CT molecular complexity index is 293. The van der Waals surface area contributed by atoms with Crippen molar-refractivity contribution in [1.82, 2.24) is 10.3 Å². The number of hydrogen-bond donors (Lipinski definition) is 1. The van der Waals surface area contributed by atoms with Crippen molar-refractivity contribution in [2.24, 2.45) is 5.41 Å². The molecule has 1 aromatic rings. The van der Waals surface area contributed by atoms with Gasteiger partial charge in [0.2, 0.25) is 0 Å². The van der Waals surface area contributed by atoms with Gasteiger partial charge in [-0.1, -0.05) is 0 Å². The molecule has 1 spiro atoms. The summed E-state index contributed by atoms with van der Waals surface area (Å²) >= 11 is 0. The largest absolute Gasteiger partial charge is 0.449 e. The molecule has 2 fully saturated rings. The van der Waals surface area contributed by atoms with Crippen LogP contribution in [0.5, 0.6) is 0 Å². The van der Waals surface area contributed by atoms with Crippen LogP contribution in [-0.2, 0) is 0 Å². The van der Waals surface area contributed by atoms with E-state index in [2.05, 4.69) is 16.7 Å². The molecule has 0 aromatic carbocycles. The number of aromatic nitrogens is 1. The maximum absolute atomic E-state index is 5.31. The van der Waals surface area contributed by atoms with Gasteiger partial charge in [0.15, 0.2) is 5.89 Å². The van der Waals surface area contributed by atoms with Crippen molar-refractivity contribution in [2.75, 3.05) is 13.1 Å². The van der Waals surface area contributed by atoms with Crippen LogP contribution in [0.15, 0.2) is 16.9 Å². The minimum atomic E-state index is 0.475. The van der Waals surface area contributed by atoms with Crippen LogP contribution in [0.2, 0.25) is 0 Å². The van der Waals surface area contributed by atoms with Crippen molar-refractivity contribution in [3.8, 4) is 0 Å². The van der Waals surface area contributed by atoms with E-state index in [9.17, 15) is 0 Å². The predicted molar refractivity (Wildman–Crippen MR) is 52.7 cm³/mol. The molecule has 1 saturated carbocycles. The molecule has 1 aromatic heterocycles. The summed E-state index contributed by atoms with van der Waals surface area (Å²) in [5, 5.41) is 3.40. The van der Waals surface area contributed by atoms with Crippen LogP contribution < -0.4 is 5.32 Å². The van der Waals surface area contributed by atoms with Crippen LogP contribution >= 0.6 is 0 Å². The van der Waals surface area contributed by atoms with E-state index in [1.165, 1.54) is 19.3 Å². The average Bonchev–Trinajstić information content (AvgIpc) is 2.68. The summed E-state index contributed by atoms with van der Waals surface area (Å²) in [6.07, 6.45) is 9.64. The fourth-order valence-corrected chi connectivity index (χ4v) is 2.70. The number of nitrogens with zero attached hydrogens (tertiary/aromatic N) is 1. The zero-order valence-electron chi connectivity index (χ0n) is 8.20. The third kappa shape index (κ3) is 1.27. The Balaban J connectivity index is 1.65. The first kappa shape index (κ1) is 8.48. The highest BCUT2D eigenvalue weighted by Gasteiger charge is 2.46. The SMILES string of the molecule is [CH]1C(c2ncco2)CC12CCNCC2. The first-order valence-corrected chi connectivity index (χ1v) is 5.34. The Morgan fingerprint density at radius 1 is 1.43 bits per heavy atom. The molecule has 2 aliphatic rings. The van der Waals surface area contributed by atoms with Gasteiger partial charge in [-0.3, -0.25) is 0 Å². The first-order valence-electron chi connectivity index (χ1n) is 5.34. The van der Waals surface area contributed by atoms with E-state index < -0.39 is 0 Å². The summed E-state index contributed by atoms with van der Waals surface area (Å²) in [5.74, 6) is 1.37. The summed E-state index contributed by atoms with van der Waals surface area (Å²) in [7, 11) is 0. The van der Waals surface area contributed by atoms with Gasteiger partial charge in [-0.15, -0.1) is 0 Å². The van der Waals surface area contributed by atoms with Crippen LogP contribution in [0.4, 0.5) is 0 Å². The molecule has 1 aliphatic heterocycles. The summed E-state index contributed by atoms with van der Waals surface area (Å²) in [4.78, 5) is 4.20. The van der Waals surface area contributed by atoms with E-state index in [0.29, 0.717) is 11.3 Å². The summed E-state index contributed by atoms with van der Waals surface area (Å²) in [5.41, 5.74) is 0.504. The van der Waals surface area contributed by atoms with E-state index in [0.717, 1.165) is 19.0 Å². The molecule has 3 heteroatoms. The summed E-state index contributed by atoms with van der Waals surface area (Å²) in [6.45, 7) is 2.32. The Labute approximate surface area is 83.9 Å². The molecule has 1 N–H and O–H groups in total. The highest BCUT2D eigenvalue weighted by Crippen LogP contribution is 2.54.